The summed E-state index contributed by atoms with van der Waals surface area (Å²) >= 11 is 0. The first-order valence-corrected chi connectivity index (χ1v) is 23.6. The van der Waals surface area contributed by atoms with Gasteiger partial charge in [-0.25, -0.2) is 0 Å². The molecule has 6 aromatic carbocycles. The molecule has 11 heteroatoms. The van der Waals surface area contributed by atoms with Crippen LogP contribution in [0.5, 0.6) is 17.2 Å². The van der Waals surface area contributed by atoms with E-state index in [1.807, 2.05) is 151 Å². The Hall–Kier alpha value is -7.18. The van der Waals surface area contributed by atoms with Crippen molar-refractivity contribution in [2.24, 2.45) is 0 Å². The minimum Gasteiger partial charge on any atom is -0.489 e. The van der Waals surface area contributed by atoms with Crippen LogP contribution in [0.25, 0.3) is 11.3 Å². The number of para-hydroxylation sites is 1. The summed E-state index contributed by atoms with van der Waals surface area (Å²) < 4.78 is 32.2. The zero-order valence-electron chi connectivity index (χ0n) is 38.4. The van der Waals surface area contributed by atoms with Gasteiger partial charge in [0.2, 0.25) is 6.79 Å². The standard InChI is InChI=1S/C57H56N4O7/c1-41-50(57(63)61(46-19-9-4-10-20-46)47-21-23-49(24-22-47)66-39-43-15-7-3-8-16-43)34-53(59(41)29-32-65-38-42-13-5-2-6-14-42)51-35-54-55(68-40-67-54)36-52(51)56(62)60-37-45-18-12-11-17-44(45)33-48(60)25-26-58-27-30-64-31-28-58/h2-24,34-36,48H,25-33,37-40H2,1H3/t48-/m1/s1. The average molecular weight is 909 g/mol. The van der Waals surface area contributed by atoms with Gasteiger partial charge in [0.1, 0.15) is 12.4 Å². The summed E-state index contributed by atoms with van der Waals surface area (Å²) in [6.07, 6.45) is 1.58. The molecule has 0 bridgehead atoms. The minimum absolute atomic E-state index is 0.0369. The molecule has 2 amide bonds. The third-order valence-corrected chi connectivity index (χ3v) is 13.2. The number of fused-ring (bicyclic) bond motifs is 2. The predicted octanol–water partition coefficient (Wildman–Crippen LogP) is 10.3. The van der Waals surface area contributed by atoms with Crippen LogP contribution in [0.1, 0.15) is 55.1 Å². The fourth-order valence-corrected chi connectivity index (χ4v) is 9.53. The molecule has 0 N–H and O–H groups in total. The van der Waals surface area contributed by atoms with Gasteiger partial charge in [-0.15, -0.1) is 0 Å². The van der Waals surface area contributed by atoms with Gasteiger partial charge in [-0.3, -0.25) is 19.4 Å². The molecule has 10 rings (SSSR count). The van der Waals surface area contributed by atoms with E-state index >= 15 is 9.59 Å². The predicted molar refractivity (Wildman–Crippen MR) is 263 cm³/mol. The molecule has 4 heterocycles. The number of rotatable bonds is 16. The second kappa shape index (κ2) is 20.8. The first-order chi connectivity index (χ1) is 33.5. The van der Waals surface area contributed by atoms with E-state index in [0.29, 0.717) is 83.9 Å². The van der Waals surface area contributed by atoms with Crippen LogP contribution in [0.2, 0.25) is 0 Å². The van der Waals surface area contributed by atoms with Gasteiger partial charge in [0.25, 0.3) is 11.8 Å². The summed E-state index contributed by atoms with van der Waals surface area (Å²) in [7, 11) is 0. The van der Waals surface area contributed by atoms with Crippen molar-refractivity contribution in [3.8, 4) is 28.5 Å². The second-order valence-corrected chi connectivity index (χ2v) is 17.5. The summed E-state index contributed by atoms with van der Waals surface area (Å²) in [4.78, 5) is 37.1. The van der Waals surface area contributed by atoms with Crippen LogP contribution < -0.4 is 19.1 Å². The molecule has 1 atom stereocenters. The Bertz CT molecular complexity index is 2830. The van der Waals surface area contributed by atoms with Gasteiger partial charge in [-0.1, -0.05) is 103 Å². The number of hydrogen-bond donors (Lipinski definition) is 0. The van der Waals surface area contributed by atoms with Crippen LogP contribution in [0.15, 0.2) is 158 Å². The number of carbonyl (C=O) groups excluding carboxylic acids is 2. The maximum atomic E-state index is 15.5. The maximum Gasteiger partial charge on any atom is 0.264 e. The first kappa shape index (κ1) is 44.6. The second-order valence-electron chi connectivity index (χ2n) is 17.5. The van der Waals surface area contributed by atoms with Crippen molar-refractivity contribution in [1.82, 2.24) is 14.4 Å². The molecule has 1 saturated heterocycles. The van der Waals surface area contributed by atoms with Crippen LogP contribution >= 0.6 is 0 Å². The summed E-state index contributed by atoms with van der Waals surface area (Å²) in [6.45, 7) is 8.20. The Morgan fingerprint density at radius 3 is 2.03 bits per heavy atom. The summed E-state index contributed by atoms with van der Waals surface area (Å²) in [5.74, 6) is 1.44. The molecular weight excluding hydrogens is 853 g/mol. The lowest BCUT2D eigenvalue weighted by Crippen LogP contribution is -2.47. The molecule has 3 aliphatic rings. The van der Waals surface area contributed by atoms with Gasteiger partial charge in [0, 0.05) is 61.4 Å². The third kappa shape index (κ3) is 9.92. The summed E-state index contributed by atoms with van der Waals surface area (Å²) in [5.41, 5.74) is 9.01. The van der Waals surface area contributed by atoms with Crippen molar-refractivity contribution >= 4 is 23.2 Å². The Kier molecular flexibility index (Phi) is 13.6. The van der Waals surface area contributed by atoms with Gasteiger partial charge < -0.3 is 33.2 Å². The molecule has 0 spiro atoms. The molecule has 0 saturated carbocycles. The number of morpholine rings is 1. The molecule has 0 aliphatic carbocycles. The summed E-state index contributed by atoms with van der Waals surface area (Å²) in [6, 6.07) is 51.5. The van der Waals surface area contributed by atoms with Crippen LogP contribution in [0.3, 0.4) is 0 Å². The average Bonchev–Trinajstić information content (AvgIpc) is 4.00. The normalized spacial score (nSPS) is 15.5. The lowest BCUT2D eigenvalue weighted by molar-refractivity contribution is 0.0308. The molecular formula is C57H56N4O7. The number of hydrogen-bond acceptors (Lipinski definition) is 8. The fraction of sp³-hybridized carbons (Fsp3) is 0.263. The van der Waals surface area contributed by atoms with Crippen LogP contribution in [-0.4, -0.2) is 78.5 Å². The first-order valence-electron chi connectivity index (χ1n) is 23.6. The van der Waals surface area contributed by atoms with Crippen molar-refractivity contribution in [2.75, 3.05) is 51.1 Å². The van der Waals surface area contributed by atoms with Crippen molar-refractivity contribution < 1.29 is 33.3 Å². The monoisotopic (exact) mass is 908 g/mol. The van der Waals surface area contributed by atoms with Gasteiger partial charge in [0.15, 0.2) is 11.5 Å². The van der Waals surface area contributed by atoms with E-state index in [-0.39, 0.29) is 24.6 Å². The third-order valence-electron chi connectivity index (χ3n) is 13.2. The van der Waals surface area contributed by atoms with E-state index in [4.69, 9.17) is 23.7 Å². The van der Waals surface area contributed by atoms with Crippen LogP contribution in [-0.2, 0) is 42.2 Å². The van der Waals surface area contributed by atoms with E-state index in [1.54, 1.807) is 4.90 Å². The molecule has 3 aliphatic heterocycles. The van der Waals surface area contributed by atoms with E-state index < -0.39 is 0 Å². The van der Waals surface area contributed by atoms with E-state index in [0.717, 1.165) is 68.1 Å². The van der Waals surface area contributed by atoms with Gasteiger partial charge in [0.05, 0.1) is 43.2 Å². The zero-order valence-corrected chi connectivity index (χ0v) is 38.4. The van der Waals surface area contributed by atoms with Crippen molar-refractivity contribution in [3.05, 3.63) is 197 Å². The SMILES string of the molecule is Cc1c(C(=O)N(c2ccccc2)c2ccc(OCc3ccccc3)cc2)cc(-c2cc3c(cc2C(=O)N2Cc4ccccc4C[C@H]2CCN2CCOCC2)OCO3)n1CCOCc1ccccc1. The number of aromatic nitrogens is 1. The highest BCUT2D eigenvalue weighted by Crippen LogP contribution is 2.42. The summed E-state index contributed by atoms with van der Waals surface area (Å²) in [5, 5.41) is 0. The molecule has 0 radical (unpaired) electrons. The lowest BCUT2D eigenvalue weighted by atomic mass is 9.90. The van der Waals surface area contributed by atoms with Crippen molar-refractivity contribution in [2.45, 2.75) is 52.1 Å². The smallest absolute Gasteiger partial charge is 0.264 e. The Balaban J connectivity index is 1.03. The number of amides is 2. The maximum absolute atomic E-state index is 15.5. The number of benzene rings is 6. The number of nitrogens with zero attached hydrogens (tertiary/aromatic N) is 4. The number of ether oxygens (including phenoxy) is 5. The molecule has 7 aromatic rings. The van der Waals surface area contributed by atoms with E-state index in [1.165, 1.54) is 5.56 Å². The molecule has 0 unspecified atom stereocenters. The largest absolute Gasteiger partial charge is 0.489 e. The van der Waals surface area contributed by atoms with Gasteiger partial charge in [-0.2, -0.15) is 0 Å². The van der Waals surface area contributed by atoms with Gasteiger partial charge in [-0.05, 0) is 96.6 Å². The quantitative estimate of drug-likeness (QED) is 0.0885. The fourth-order valence-electron chi connectivity index (χ4n) is 9.53. The highest BCUT2D eigenvalue weighted by atomic mass is 16.7. The van der Waals surface area contributed by atoms with E-state index in [9.17, 15) is 0 Å². The highest BCUT2D eigenvalue weighted by molar-refractivity contribution is 6.12. The Morgan fingerprint density at radius 1 is 0.676 bits per heavy atom. The lowest BCUT2D eigenvalue weighted by Gasteiger charge is -2.39. The highest BCUT2D eigenvalue weighted by Gasteiger charge is 2.35. The minimum atomic E-state index is -0.221. The molecule has 1 aromatic heterocycles. The Labute approximate surface area is 398 Å². The number of anilines is 2. The molecule has 1 fully saturated rings. The molecule has 68 heavy (non-hydrogen) atoms. The molecule has 346 valence electrons. The topological polar surface area (TPSA) is 94.9 Å². The van der Waals surface area contributed by atoms with Gasteiger partial charge >= 0.3 is 0 Å². The number of carbonyl (C=O) groups is 2. The Morgan fingerprint density at radius 2 is 1.31 bits per heavy atom. The van der Waals surface area contributed by atoms with Crippen molar-refractivity contribution in [1.29, 1.82) is 0 Å². The van der Waals surface area contributed by atoms with Crippen molar-refractivity contribution in [3.63, 3.8) is 0 Å². The molecule has 11 nitrogen and oxygen atoms in total. The van der Waals surface area contributed by atoms with Crippen LogP contribution in [0.4, 0.5) is 11.4 Å². The zero-order chi connectivity index (χ0) is 46.2. The van der Waals surface area contributed by atoms with E-state index in [2.05, 4.69) is 27.7 Å². The van der Waals surface area contributed by atoms with Crippen LogP contribution in [0, 0.1) is 6.92 Å².